The highest BCUT2D eigenvalue weighted by Gasteiger charge is 2.17. The normalized spacial score (nSPS) is 11.3. The van der Waals surface area contributed by atoms with Crippen molar-refractivity contribution in [3.05, 3.63) is 89.5 Å². The van der Waals surface area contributed by atoms with Crippen LogP contribution in [0.5, 0.6) is 5.75 Å². The topological polar surface area (TPSA) is 80.6 Å². The van der Waals surface area contributed by atoms with E-state index < -0.39 is 11.8 Å². The van der Waals surface area contributed by atoms with Gasteiger partial charge in [-0.25, -0.2) is 0 Å². The Bertz CT molecular complexity index is 1040. The number of anilines is 1. The van der Waals surface area contributed by atoms with E-state index in [0.29, 0.717) is 22.8 Å². The summed E-state index contributed by atoms with van der Waals surface area (Å²) in [6.45, 7) is 4.10. The van der Waals surface area contributed by atoms with Crippen LogP contribution < -0.4 is 15.4 Å². The lowest BCUT2D eigenvalue weighted by Crippen LogP contribution is -2.31. The molecule has 0 unspecified atom stereocenters. The maximum absolute atomic E-state index is 13.0. The van der Waals surface area contributed by atoms with Crippen molar-refractivity contribution < 1.29 is 18.7 Å². The predicted molar refractivity (Wildman–Crippen MR) is 116 cm³/mol. The Labute approximate surface area is 175 Å². The summed E-state index contributed by atoms with van der Waals surface area (Å²) in [4.78, 5) is 25.7. The fourth-order valence-corrected chi connectivity index (χ4v) is 2.91. The molecule has 1 heterocycles. The Morgan fingerprint density at radius 1 is 1.00 bits per heavy atom. The van der Waals surface area contributed by atoms with E-state index in [4.69, 9.17) is 9.15 Å². The van der Waals surface area contributed by atoms with Crippen molar-refractivity contribution in [2.75, 3.05) is 12.4 Å². The van der Waals surface area contributed by atoms with Crippen LogP contribution in [0, 0.1) is 0 Å². The number of hydrogen-bond acceptors (Lipinski definition) is 4. The van der Waals surface area contributed by atoms with Crippen LogP contribution in [0.15, 0.2) is 77.0 Å². The molecule has 30 heavy (non-hydrogen) atoms. The number of furan rings is 1. The van der Waals surface area contributed by atoms with Gasteiger partial charge in [0.05, 0.1) is 13.4 Å². The highest BCUT2D eigenvalue weighted by molar-refractivity contribution is 6.10. The smallest absolute Gasteiger partial charge is 0.272 e. The van der Waals surface area contributed by atoms with Crippen molar-refractivity contribution in [2.24, 2.45) is 0 Å². The van der Waals surface area contributed by atoms with Crippen molar-refractivity contribution in [1.82, 2.24) is 5.32 Å². The Morgan fingerprint density at radius 3 is 2.37 bits per heavy atom. The minimum atomic E-state index is -0.443. The van der Waals surface area contributed by atoms with E-state index in [2.05, 4.69) is 24.5 Å². The molecule has 0 fully saturated rings. The van der Waals surface area contributed by atoms with Crippen LogP contribution in [0.3, 0.4) is 0 Å². The van der Waals surface area contributed by atoms with Crippen molar-refractivity contribution in [3.63, 3.8) is 0 Å². The quantitative estimate of drug-likeness (QED) is 0.553. The van der Waals surface area contributed by atoms with Gasteiger partial charge in [0.2, 0.25) is 0 Å². The predicted octanol–water partition coefficient (Wildman–Crippen LogP) is 4.82. The van der Waals surface area contributed by atoms with E-state index in [1.807, 2.05) is 24.3 Å². The number of carbonyl (C=O) groups is 2. The third-order valence-electron chi connectivity index (χ3n) is 4.51. The van der Waals surface area contributed by atoms with Crippen LogP contribution in [0.25, 0.3) is 6.08 Å². The van der Waals surface area contributed by atoms with Gasteiger partial charge in [-0.15, -0.1) is 0 Å². The zero-order chi connectivity index (χ0) is 21.5. The molecular formula is C24H24N2O4. The van der Waals surface area contributed by atoms with E-state index in [9.17, 15) is 9.59 Å². The SMILES string of the molecule is COc1ccc(C(=O)N/C(=C\c2ccco2)C(=O)Nc2ccccc2C(C)C)cc1. The van der Waals surface area contributed by atoms with Gasteiger partial charge in [0, 0.05) is 17.3 Å². The lowest BCUT2D eigenvalue weighted by atomic mass is 10.0. The average Bonchev–Trinajstić information content (AvgIpc) is 3.26. The van der Waals surface area contributed by atoms with Gasteiger partial charge in [0.15, 0.2) is 0 Å². The standard InChI is InChI=1S/C24H24N2O4/c1-16(2)20-8-4-5-9-21(20)25-24(28)22(15-19-7-6-14-30-19)26-23(27)17-10-12-18(29-3)13-11-17/h4-16H,1-3H3,(H,25,28)(H,26,27)/b22-15-. The van der Waals surface area contributed by atoms with E-state index in [1.165, 1.54) is 12.3 Å². The maximum Gasteiger partial charge on any atom is 0.272 e. The summed E-state index contributed by atoms with van der Waals surface area (Å²) in [6, 6.07) is 17.6. The first-order valence-corrected chi connectivity index (χ1v) is 9.59. The molecule has 2 aromatic carbocycles. The summed E-state index contributed by atoms with van der Waals surface area (Å²) < 4.78 is 10.4. The number of hydrogen-bond donors (Lipinski definition) is 2. The molecular weight excluding hydrogens is 380 g/mol. The minimum absolute atomic E-state index is 0.0735. The molecule has 0 bridgehead atoms. The molecule has 0 spiro atoms. The number of carbonyl (C=O) groups excluding carboxylic acids is 2. The number of benzene rings is 2. The minimum Gasteiger partial charge on any atom is -0.497 e. The van der Waals surface area contributed by atoms with E-state index >= 15 is 0 Å². The number of amides is 2. The summed E-state index contributed by atoms with van der Waals surface area (Å²) in [5.74, 6) is 0.463. The van der Waals surface area contributed by atoms with Crippen LogP contribution in [0.4, 0.5) is 5.69 Å². The first-order chi connectivity index (χ1) is 14.5. The zero-order valence-electron chi connectivity index (χ0n) is 17.1. The van der Waals surface area contributed by atoms with Crippen LogP contribution in [-0.2, 0) is 4.79 Å². The molecule has 2 N–H and O–H groups in total. The molecule has 3 aromatic rings. The Hall–Kier alpha value is -3.80. The fourth-order valence-electron chi connectivity index (χ4n) is 2.91. The molecule has 6 heteroatoms. The van der Waals surface area contributed by atoms with Gasteiger partial charge in [-0.3, -0.25) is 9.59 Å². The maximum atomic E-state index is 13.0. The molecule has 2 amide bonds. The number of nitrogens with one attached hydrogen (secondary N) is 2. The van der Waals surface area contributed by atoms with Crippen LogP contribution in [-0.4, -0.2) is 18.9 Å². The Balaban J connectivity index is 1.85. The van der Waals surface area contributed by atoms with E-state index in [-0.39, 0.29) is 11.6 Å². The highest BCUT2D eigenvalue weighted by Crippen LogP contribution is 2.24. The molecule has 0 aliphatic carbocycles. The van der Waals surface area contributed by atoms with Gasteiger partial charge in [0.25, 0.3) is 11.8 Å². The molecule has 154 valence electrons. The first-order valence-electron chi connectivity index (χ1n) is 9.59. The van der Waals surface area contributed by atoms with Gasteiger partial charge in [-0.1, -0.05) is 32.0 Å². The van der Waals surface area contributed by atoms with Gasteiger partial charge < -0.3 is 19.8 Å². The number of methoxy groups -OCH3 is 1. The number of para-hydroxylation sites is 1. The monoisotopic (exact) mass is 404 g/mol. The van der Waals surface area contributed by atoms with Crippen molar-refractivity contribution in [1.29, 1.82) is 0 Å². The van der Waals surface area contributed by atoms with E-state index in [0.717, 1.165) is 5.56 Å². The lowest BCUT2D eigenvalue weighted by molar-refractivity contribution is -0.113. The van der Waals surface area contributed by atoms with Gasteiger partial charge in [-0.2, -0.15) is 0 Å². The molecule has 0 aliphatic rings. The van der Waals surface area contributed by atoms with Crippen LogP contribution >= 0.6 is 0 Å². The fraction of sp³-hybridized carbons (Fsp3) is 0.167. The molecule has 0 saturated heterocycles. The van der Waals surface area contributed by atoms with E-state index in [1.54, 1.807) is 43.5 Å². The van der Waals surface area contributed by atoms with Crippen molar-refractivity contribution in [3.8, 4) is 5.75 Å². The summed E-state index contributed by atoms with van der Waals surface area (Å²) >= 11 is 0. The lowest BCUT2D eigenvalue weighted by Gasteiger charge is -2.15. The van der Waals surface area contributed by atoms with Gasteiger partial charge in [-0.05, 0) is 53.9 Å². The van der Waals surface area contributed by atoms with Crippen LogP contribution in [0.1, 0.15) is 41.4 Å². The average molecular weight is 404 g/mol. The summed E-state index contributed by atoms with van der Waals surface area (Å²) in [6.07, 6.45) is 3.00. The molecule has 1 aromatic heterocycles. The first kappa shape index (κ1) is 20.9. The summed E-state index contributed by atoms with van der Waals surface area (Å²) in [5.41, 5.74) is 2.17. The van der Waals surface area contributed by atoms with Crippen molar-refractivity contribution in [2.45, 2.75) is 19.8 Å². The second-order valence-corrected chi connectivity index (χ2v) is 6.95. The largest absolute Gasteiger partial charge is 0.497 e. The number of ether oxygens (including phenoxy) is 1. The van der Waals surface area contributed by atoms with Gasteiger partial charge >= 0.3 is 0 Å². The third-order valence-corrected chi connectivity index (χ3v) is 4.51. The molecule has 3 rings (SSSR count). The zero-order valence-corrected chi connectivity index (χ0v) is 17.1. The molecule has 0 aliphatic heterocycles. The third kappa shape index (κ3) is 5.17. The van der Waals surface area contributed by atoms with Crippen LogP contribution in [0.2, 0.25) is 0 Å². The molecule has 6 nitrogen and oxygen atoms in total. The summed E-state index contributed by atoms with van der Waals surface area (Å²) in [7, 11) is 1.55. The highest BCUT2D eigenvalue weighted by atomic mass is 16.5. The molecule has 0 atom stereocenters. The summed E-state index contributed by atoms with van der Waals surface area (Å²) in [5, 5.41) is 5.58. The Morgan fingerprint density at radius 2 is 1.73 bits per heavy atom. The second kappa shape index (κ2) is 9.60. The van der Waals surface area contributed by atoms with Crippen molar-refractivity contribution >= 4 is 23.6 Å². The Kier molecular flexibility index (Phi) is 6.70. The van der Waals surface area contributed by atoms with Gasteiger partial charge in [0.1, 0.15) is 17.2 Å². The number of rotatable bonds is 7. The molecule has 0 saturated carbocycles. The molecule has 0 radical (unpaired) electrons. The second-order valence-electron chi connectivity index (χ2n) is 6.95.